The number of amides is 1. The minimum atomic E-state index is -3.61. The van der Waals surface area contributed by atoms with Crippen LogP contribution in [0.3, 0.4) is 0 Å². The van der Waals surface area contributed by atoms with Crippen molar-refractivity contribution in [2.24, 2.45) is 0 Å². The van der Waals surface area contributed by atoms with E-state index in [1.165, 1.54) is 6.07 Å². The number of carbonyl (C=O) groups is 1. The zero-order valence-electron chi connectivity index (χ0n) is 16.4. The molecule has 1 aliphatic rings. The summed E-state index contributed by atoms with van der Waals surface area (Å²) in [6.07, 6.45) is 0.0932. The summed E-state index contributed by atoms with van der Waals surface area (Å²) >= 11 is 5.99. The van der Waals surface area contributed by atoms with Crippen LogP contribution < -0.4 is 19.1 Å². The third-order valence-electron chi connectivity index (χ3n) is 4.45. The fourth-order valence-corrected chi connectivity index (χ4v) is 4.06. The molecule has 1 aliphatic heterocycles. The molecule has 1 amide bonds. The van der Waals surface area contributed by atoms with E-state index in [0.29, 0.717) is 10.7 Å². The van der Waals surface area contributed by atoms with Crippen molar-refractivity contribution in [2.45, 2.75) is 26.0 Å². The molecule has 29 heavy (non-hydrogen) atoms. The van der Waals surface area contributed by atoms with Crippen molar-refractivity contribution in [3.8, 4) is 11.5 Å². The number of ether oxygens (including phenoxy) is 2. The van der Waals surface area contributed by atoms with Crippen molar-refractivity contribution >= 4 is 33.2 Å². The summed E-state index contributed by atoms with van der Waals surface area (Å²) in [6.45, 7) is 3.88. The van der Waals surface area contributed by atoms with Gasteiger partial charge >= 0.3 is 0 Å². The molecule has 0 fully saturated rings. The molecular formula is C20H23ClN2O5S. The van der Waals surface area contributed by atoms with Gasteiger partial charge in [0.25, 0.3) is 5.91 Å². The van der Waals surface area contributed by atoms with E-state index >= 15 is 0 Å². The quantitative estimate of drug-likeness (QED) is 0.749. The third kappa shape index (κ3) is 5.13. The highest BCUT2D eigenvalue weighted by Crippen LogP contribution is 2.37. The Hall–Kier alpha value is -2.45. The Bertz CT molecular complexity index is 1010. The monoisotopic (exact) mass is 438 g/mol. The van der Waals surface area contributed by atoms with Gasteiger partial charge in [-0.05, 0) is 43.7 Å². The summed E-state index contributed by atoms with van der Waals surface area (Å²) in [7, 11) is -3.61. The zero-order valence-corrected chi connectivity index (χ0v) is 18.0. The Morgan fingerprint density at radius 2 is 2.07 bits per heavy atom. The molecule has 156 valence electrons. The number of benzene rings is 2. The molecule has 0 spiro atoms. The van der Waals surface area contributed by atoms with Crippen LogP contribution in [0.1, 0.15) is 12.5 Å². The van der Waals surface area contributed by atoms with Gasteiger partial charge in [0.05, 0.1) is 24.5 Å². The molecule has 1 heterocycles. The molecule has 7 nitrogen and oxygen atoms in total. The largest absolute Gasteiger partial charge is 0.491 e. The third-order valence-corrected chi connectivity index (χ3v) is 5.84. The molecule has 2 unspecified atom stereocenters. The minimum Gasteiger partial charge on any atom is -0.491 e. The number of halogens is 1. The summed E-state index contributed by atoms with van der Waals surface area (Å²) in [5.74, 6) is 0.617. The number of nitrogens with zero attached hydrogens (tertiary/aromatic N) is 1. The van der Waals surface area contributed by atoms with E-state index in [1.54, 1.807) is 19.1 Å². The number of rotatable bonds is 6. The Kier molecular flexibility index (Phi) is 6.24. The summed E-state index contributed by atoms with van der Waals surface area (Å²) in [5, 5.41) is 3.20. The van der Waals surface area contributed by atoms with E-state index in [1.807, 2.05) is 31.2 Å². The first-order chi connectivity index (χ1) is 13.6. The number of para-hydroxylation sites is 1. The maximum absolute atomic E-state index is 12.7. The average Bonchev–Trinajstić information content (AvgIpc) is 2.65. The predicted molar refractivity (Wildman–Crippen MR) is 112 cm³/mol. The van der Waals surface area contributed by atoms with E-state index in [0.717, 1.165) is 21.9 Å². The maximum atomic E-state index is 12.7. The van der Waals surface area contributed by atoms with Crippen molar-refractivity contribution < 1.29 is 22.7 Å². The molecule has 0 radical (unpaired) electrons. The lowest BCUT2D eigenvalue weighted by atomic mass is 10.2. The standard InChI is InChI=1S/C20H23ClN2O5S/c1-13-6-4-5-7-17(13)27-12-14(2)22-20(24)19-11-23(29(3,25)26)16-10-15(21)8-9-18(16)28-19/h4-10,14,19H,11-12H2,1-3H3,(H,22,24). The Labute approximate surface area is 175 Å². The zero-order chi connectivity index (χ0) is 21.2. The second-order valence-corrected chi connectivity index (χ2v) is 9.34. The Balaban J connectivity index is 1.68. The number of hydrogen-bond donors (Lipinski definition) is 1. The lowest BCUT2D eigenvalue weighted by Crippen LogP contribution is -2.52. The number of sulfonamides is 1. The summed E-state index contributed by atoms with van der Waals surface area (Å²) in [5.41, 5.74) is 1.32. The molecule has 0 aliphatic carbocycles. The molecule has 0 bridgehead atoms. The van der Waals surface area contributed by atoms with Crippen LogP contribution in [0.15, 0.2) is 42.5 Å². The van der Waals surface area contributed by atoms with Crippen LogP contribution in [0, 0.1) is 6.92 Å². The fraction of sp³-hybridized carbons (Fsp3) is 0.350. The normalized spacial score (nSPS) is 17.1. The topological polar surface area (TPSA) is 84.9 Å². The highest BCUT2D eigenvalue weighted by Gasteiger charge is 2.35. The molecule has 0 aromatic heterocycles. The van der Waals surface area contributed by atoms with E-state index < -0.39 is 22.0 Å². The second-order valence-electron chi connectivity index (χ2n) is 7.00. The number of anilines is 1. The van der Waals surface area contributed by atoms with Gasteiger partial charge in [-0.15, -0.1) is 0 Å². The van der Waals surface area contributed by atoms with Gasteiger partial charge in [-0.25, -0.2) is 8.42 Å². The van der Waals surface area contributed by atoms with E-state index in [4.69, 9.17) is 21.1 Å². The van der Waals surface area contributed by atoms with Crippen LogP contribution in [0.5, 0.6) is 11.5 Å². The number of nitrogens with one attached hydrogen (secondary N) is 1. The van der Waals surface area contributed by atoms with Crippen LogP contribution >= 0.6 is 11.6 Å². The Morgan fingerprint density at radius 1 is 1.34 bits per heavy atom. The van der Waals surface area contributed by atoms with Gasteiger partial charge in [0.2, 0.25) is 10.0 Å². The van der Waals surface area contributed by atoms with Gasteiger partial charge < -0.3 is 14.8 Å². The summed E-state index contributed by atoms with van der Waals surface area (Å²) in [4.78, 5) is 12.7. The number of aryl methyl sites for hydroxylation is 1. The first kappa shape index (κ1) is 21.3. The van der Waals surface area contributed by atoms with Gasteiger partial charge in [-0.1, -0.05) is 29.8 Å². The van der Waals surface area contributed by atoms with E-state index in [2.05, 4.69) is 5.32 Å². The Morgan fingerprint density at radius 3 is 2.76 bits per heavy atom. The molecule has 2 aromatic rings. The molecule has 2 aromatic carbocycles. The van der Waals surface area contributed by atoms with Crippen molar-refractivity contribution in [2.75, 3.05) is 23.7 Å². The lowest BCUT2D eigenvalue weighted by Gasteiger charge is -2.34. The average molecular weight is 439 g/mol. The summed E-state index contributed by atoms with van der Waals surface area (Å²) in [6, 6.07) is 11.9. The lowest BCUT2D eigenvalue weighted by molar-refractivity contribution is -0.128. The minimum absolute atomic E-state index is 0.136. The van der Waals surface area contributed by atoms with Crippen LogP contribution in [0.25, 0.3) is 0 Å². The van der Waals surface area contributed by atoms with Crippen molar-refractivity contribution in [1.29, 1.82) is 0 Å². The maximum Gasteiger partial charge on any atom is 0.263 e. The van der Waals surface area contributed by atoms with Crippen molar-refractivity contribution in [1.82, 2.24) is 5.32 Å². The van der Waals surface area contributed by atoms with Gasteiger partial charge in [-0.3, -0.25) is 9.10 Å². The SMILES string of the molecule is Cc1ccccc1OCC(C)NC(=O)C1CN(S(C)(=O)=O)c2cc(Cl)ccc2O1. The predicted octanol–water partition coefficient (Wildman–Crippen LogP) is 2.76. The van der Waals surface area contributed by atoms with Gasteiger partial charge in [0, 0.05) is 5.02 Å². The molecule has 9 heteroatoms. The van der Waals surface area contributed by atoms with Crippen molar-refractivity contribution in [3.05, 3.63) is 53.1 Å². The van der Waals surface area contributed by atoms with Gasteiger partial charge in [0.1, 0.15) is 18.1 Å². The molecule has 2 atom stereocenters. The first-order valence-corrected chi connectivity index (χ1v) is 11.3. The first-order valence-electron chi connectivity index (χ1n) is 9.08. The second kappa shape index (κ2) is 8.51. The highest BCUT2D eigenvalue weighted by molar-refractivity contribution is 7.92. The van der Waals surface area contributed by atoms with Crippen LogP contribution in [0.4, 0.5) is 5.69 Å². The number of hydrogen-bond acceptors (Lipinski definition) is 5. The van der Waals surface area contributed by atoms with Crippen LogP contribution in [0.2, 0.25) is 5.02 Å². The molecule has 0 saturated heterocycles. The molecule has 3 rings (SSSR count). The molecular weight excluding hydrogens is 416 g/mol. The molecule has 0 saturated carbocycles. The summed E-state index contributed by atoms with van der Waals surface area (Å²) < 4.78 is 37.1. The van der Waals surface area contributed by atoms with Crippen LogP contribution in [-0.4, -0.2) is 45.9 Å². The van der Waals surface area contributed by atoms with E-state index in [-0.39, 0.29) is 24.9 Å². The smallest absolute Gasteiger partial charge is 0.263 e. The number of fused-ring (bicyclic) bond motifs is 1. The van der Waals surface area contributed by atoms with Crippen LogP contribution in [-0.2, 0) is 14.8 Å². The number of carbonyl (C=O) groups excluding carboxylic acids is 1. The fourth-order valence-electron chi connectivity index (χ4n) is 2.99. The van der Waals surface area contributed by atoms with Gasteiger partial charge in [0.15, 0.2) is 6.10 Å². The highest BCUT2D eigenvalue weighted by atomic mass is 35.5. The van der Waals surface area contributed by atoms with Crippen molar-refractivity contribution in [3.63, 3.8) is 0 Å². The van der Waals surface area contributed by atoms with E-state index in [9.17, 15) is 13.2 Å². The molecule has 1 N–H and O–H groups in total. The van der Waals surface area contributed by atoms with Gasteiger partial charge in [-0.2, -0.15) is 0 Å².